The number of rotatable bonds is 8. The molecule has 1 aromatic carbocycles. The summed E-state index contributed by atoms with van der Waals surface area (Å²) >= 11 is 1.55. The standard InChI is InChI=1S/C21H27N5OS/c1-3-23-20(25-15-21(2,27)19-5-4-12-28-19)24-13-17-6-8-18(9-7-17)14-26-11-10-22-16-26/h4-12,16,27H,3,13-15H2,1-2H3,(H2,23,24,25). The second-order valence-corrected chi connectivity index (χ2v) is 7.80. The minimum Gasteiger partial charge on any atom is -0.383 e. The maximum atomic E-state index is 10.7. The molecule has 7 heteroatoms. The Morgan fingerprint density at radius 2 is 2.00 bits per heavy atom. The number of benzene rings is 1. The Labute approximate surface area is 170 Å². The molecule has 3 rings (SSSR count). The molecule has 6 nitrogen and oxygen atoms in total. The van der Waals surface area contributed by atoms with Gasteiger partial charge in [0, 0.05) is 30.4 Å². The molecule has 0 aliphatic carbocycles. The fraction of sp³-hybridized carbons (Fsp3) is 0.333. The third kappa shape index (κ3) is 5.68. The molecule has 28 heavy (non-hydrogen) atoms. The summed E-state index contributed by atoms with van der Waals surface area (Å²) in [7, 11) is 0. The predicted molar refractivity (Wildman–Crippen MR) is 114 cm³/mol. The van der Waals surface area contributed by atoms with Crippen LogP contribution in [0.3, 0.4) is 0 Å². The molecule has 0 saturated carbocycles. The Hall–Kier alpha value is -2.64. The number of aliphatic hydroxyl groups is 1. The van der Waals surface area contributed by atoms with Crippen molar-refractivity contribution in [2.75, 3.05) is 13.1 Å². The summed E-state index contributed by atoms with van der Waals surface area (Å²) in [6.07, 6.45) is 5.56. The lowest BCUT2D eigenvalue weighted by molar-refractivity contribution is 0.0655. The van der Waals surface area contributed by atoms with E-state index in [0.717, 1.165) is 23.5 Å². The van der Waals surface area contributed by atoms with Gasteiger partial charge in [-0.25, -0.2) is 9.98 Å². The van der Waals surface area contributed by atoms with Crippen LogP contribution in [0, 0.1) is 0 Å². The maximum Gasteiger partial charge on any atom is 0.191 e. The van der Waals surface area contributed by atoms with E-state index in [4.69, 9.17) is 0 Å². The molecule has 148 valence electrons. The van der Waals surface area contributed by atoms with Crippen LogP contribution in [0.25, 0.3) is 0 Å². The van der Waals surface area contributed by atoms with Crippen LogP contribution in [0.15, 0.2) is 65.5 Å². The molecule has 2 heterocycles. The molecule has 0 aliphatic heterocycles. The molecule has 0 bridgehead atoms. The zero-order valence-electron chi connectivity index (χ0n) is 16.3. The van der Waals surface area contributed by atoms with Crippen molar-refractivity contribution in [2.45, 2.75) is 32.5 Å². The Morgan fingerprint density at radius 3 is 2.64 bits per heavy atom. The van der Waals surface area contributed by atoms with Crippen LogP contribution in [0.2, 0.25) is 0 Å². The van der Waals surface area contributed by atoms with E-state index >= 15 is 0 Å². The molecule has 0 radical (unpaired) electrons. The van der Waals surface area contributed by atoms with Crippen molar-refractivity contribution >= 4 is 17.3 Å². The normalized spacial score (nSPS) is 13.9. The largest absolute Gasteiger partial charge is 0.383 e. The SMILES string of the molecule is CCNC(=NCc1ccc(Cn2ccnc2)cc1)NCC(C)(O)c1cccs1. The number of guanidine groups is 1. The molecule has 1 unspecified atom stereocenters. The van der Waals surface area contributed by atoms with Gasteiger partial charge in [0.15, 0.2) is 5.96 Å². The van der Waals surface area contributed by atoms with Gasteiger partial charge in [-0.1, -0.05) is 30.3 Å². The molecule has 3 N–H and O–H groups in total. The molecule has 0 spiro atoms. The van der Waals surface area contributed by atoms with Crippen molar-refractivity contribution in [1.29, 1.82) is 0 Å². The van der Waals surface area contributed by atoms with E-state index in [1.807, 2.05) is 48.5 Å². The quantitative estimate of drug-likeness (QED) is 0.404. The van der Waals surface area contributed by atoms with Gasteiger partial charge in [0.25, 0.3) is 0 Å². The average Bonchev–Trinajstić information content (AvgIpc) is 3.39. The number of imidazole rings is 1. The summed E-state index contributed by atoms with van der Waals surface area (Å²) in [6, 6.07) is 12.3. The number of hydrogen-bond donors (Lipinski definition) is 3. The molecule has 0 amide bonds. The molecular formula is C21H27N5OS. The summed E-state index contributed by atoms with van der Waals surface area (Å²) in [4.78, 5) is 9.65. The minimum atomic E-state index is -0.931. The molecule has 0 fully saturated rings. The first-order valence-electron chi connectivity index (χ1n) is 9.39. The first kappa shape index (κ1) is 20.1. The first-order chi connectivity index (χ1) is 13.6. The third-order valence-corrected chi connectivity index (χ3v) is 5.49. The van der Waals surface area contributed by atoms with Crippen LogP contribution >= 0.6 is 11.3 Å². The predicted octanol–water partition coefficient (Wildman–Crippen LogP) is 2.96. The monoisotopic (exact) mass is 397 g/mol. The highest BCUT2D eigenvalue weighted by Gasteiger charge is 2.24. The van der Waals surface area contributed by atoms with Crippen molar-refractivity contribution in [3.63, 3.8) is 0 Å². The summed E-state index contributed by atoms with van der Waals surface area (Å²) < 4.78 is 2.04. The van der Waals surface area contributed by atoms with Crippen molar-refractivity contribution in [1.82, 2.24) is 20.2 Å². The Bertz CT molecular complexity index is 855. The highest BCUT2D eigenvalue weighted by Crippen LogP contribution is 2.24. The molecule has 0 saturated heterocycles. The maximum absolute atomic E-state index is 10.7. The smallest absolute Gasteiger partial charge is 0.191 e. The molecule has 2 aromatic heterocycles. The first-order valence-corrected chi connectivity index (χ1v) is 10.3. The van der Waals surface area contributed by atoms with Crippen molar-refractivity contribution in [3.05, 3.63) is 76.5 Å². The zero-order valence-corrected chi connectivity index (χ0v) is 17.1. The summed E-state index contributed by atoms with van der Waals surface area (Å²) in [5.74, 6) is 0.696. The van der Waals surface area contributed by atoms with Gasteiger partial charge < -0.3 is 20.3 Å². The van der Waals surface area contributed by atoms with Crippen LogP contribution < -0.4 is 10.6 Å². The van der Waals surface area contributed by atoms with Crippen LogP contribution in [0.1, 0.15) is 29.9 Å². The highest BCUT2D eigenvalue weighted by molar-refractivity contribution is 7.10. The van der Waals surface area contributed by atoms with E-state index in [1.165, 1.54) is 5.56 Å². The molecule has 0 aliphatic rings. The van der Waals surface area contributed by atoms with Crippen molar-refractivity contribution < 1.29 is 5.11 Å². The van der Waals surface area contributed by atoms with Crippen LogP contribution in [-0.2, 0) is 18.7 Å². The van der Waals surface area contributed by atoms with Crippen molar-refractivity contribution in [3.8, 4) is 0 Å². The van der Waals surface area contributed by atoms with E-state index in [9.17, 15) is 5.11 Å². The summed E-state index contributed by atoms with van der Waals surface area (Å²) in [6.45, 7) is 6.38. The van der Waals surface area contributed by atoms with Gasteiger partial charge in [-0.3, -0.25) is 0 Å². The number of hydrogen-bond acceptors (Lipinski definition) is 4. The van der Waals surface area contributed by atoms with E-state index in [1.54, 1.807) is 17.5 Å². The summed E-state index contributed by atoms with van der Waals surface area (Å²) in [5.41, 5.74) is 1.43. The van der Waals surface area contributed by atoms with Crippen LogP contribution in [0.4, 0.5) is 0 Å². The lowest BCUT2D eigenvalue weighted by Gasteiger charge is -2.23. The summed E-state index contributed by atoms with van der Waals surface area (Å²) in [5, 5.41) is 19.1. The highest BCUT2D eigenvalue weighted by atomic mass is 32.1. The number of aliphatic imine (C=N–C) groups is 1. The number of nitrogens with zero attached hydrogens (tertiary/aromatic N) is 3. The fourth-order valence-corrected chi connectivity index (χ4v) is 3.57. The molecule has 1 atom stereocenters. The van der Waals surface area contributed by atoms with Gasteiger partial charge in [-0.05, 0) is 36.4 Å². The lowest BCUT2D eigenvalue weighted by atomic mass is 10.1. The number of aromatic nitrogens is 2. The van der Waals surface area contributed by atoms with E-state index < -0.39 is 5.60 Å². The second-order valence-electron chi connectivity index (χ2n) is 6.85. The number of thiophene rings is 1. The Morgan fingerprint density at radius 1 is 1.21 bits per heavy atom. The molecule has 3 aromatic rings. The average molecular weight is 398 g/mol. The minimum absolute atomic E-state index is 0.392. The second kappa shape index (κ2) is 9.52. The van der Waals surface area contributed by atoms with Crippen molar-refractivity contribution in [2.24, 2.45) is 4.99 Å². The van der Waals surface area contributed by atoms with E-state index in [0.29, 0.717) is 19.0 Å². The van der Waals surface area contributed by atoms with Gasteiger partial charge >= 0.3 is 0 Å². The Kier molecular flexibility index (Phi) is 6.84. The van der Waals surface area contributed by atoms with Gasteiger partial charge in [0.05, 0.1) is 19.4 Å². The van der Waals surface area contributed by atoms with Gasteiger partial charge in [-0.15, -0.1) is 11.3 Å². The fourth-order valence-electron chi connectivity index (χ4n) is 2.78. The lowest BCUT2D eigenvalue weighted by Crippen LogP contribution is -2.44. The van der Waals surface area contributed by atoms with Gasteiger partial charge in [-0.2, -0.15) is 0 Å². The topological polar surface area (TPSA) is 74.5 Å². The molecular weight excluding hydrogens is 370 g/mol. The van der Waals surface area contributed by atoms with Crippen LogP contribution in [-0.4, -0.2) is 33.7 Å². The van der Waals surface area contributed by atoms with Gasteiger partial charge in [0.2, 0.25) is 0 Å². The Balaban J connectivity index is 1.57. The van der Waals surface area contributed by atoms with Gasteiger partial charge in [0.1, 0.15) is 5.60 Å². The van der Waals surface area contributed by atoms with Crippen LogP contribution in [0.5, 0.6) is 0 Å². The third-order valence-electron chi connectivity index (χ3n) is 4.36. The van der Waals surface area contributed by atoms with E-state index in [2.05, 4.69) is 44.9 Å². The number of nitrogens with one attached hydrogen (secondary N) is 2. The van der Waals surface area contributed by atoms with E-state index in [-0.39, 0.29) is 0 Å². The zero-order chi connectivity index (χ0) is 19.8.